The van der Waals surface area contributed by atoms with Gasteiger partial charge in [0.15, 0.2) is 0 Å². The van der Waals surface area contributed by atoms with Gasteiger partial charge in [0.2, 0.25) is 5.91 Å². The van der Waals surface area contributed by atoms with Gasteiger partial charge in [-0.2, -0.15) is 0 Å². The fraction of sp³-hybridized carbons (Fsp3) is 0.296. The lowest BCUT2D eigenvalue weighted by atomic mass is 9.93. The van der Waals surface area contributed by atoms with E-state index in [9.17, 15) is 9.59 Å². The monoisotopic (exact) mass is 443 g/mol. The topological polar surface area (TPSA) is 71.5 Å². The molecule has 0 spiro atoms. The minimum Gasteiger partial charge on any atom is -0.496 e. The number of rotatable bonds is 6. The third kappa shape index (κ3) is 5.06. The molecule has 33 heavy (non-hydrogen) atoms. The third-order valence-electron chi connectivity index (χ3n) is 6.23. The van der Waals surface area contributed by atoms with Crippen LogP contribution < -0.4 is 10.1 Å². The van der Waals surface area contributed by atoms with Gasteiger partial charge in [-0.3, -0.25) is 14.6 Å². The number of hydrogen-bond donors (Lipinski definition) is 1. The van der Waals surface area contributed by atoms with E-state index >= 15 is 0 Å². The van der Waals surface area contributed by atoms with Crippen LogP contribution in [-0.2, 0) is 4.79 Å². The number of hydrogen-bond acceptors (Lipinski definition) is 4. The molecule has 2 heterocycles. The summed E-state index contributed by atoms with van der Waals surface area (Å²) in [7, 11) is 1.56. The molecule has 6 heteroatoms. The Labute approximate surface area is 194 Å². The first-order chi connectivity index (χ1) is 16.1. The zero-order valence-corrected chi connectivity index (χ0v) is 19.0. The number of piperidine rings is 1. The molecule has 170 valence electrons. The average Bonchev–Trinajstić information content (AvgIpc) is 2.88. The van der Waals surface area contributed by atoms with Crippen LogP contribution in [0.5, 0.6) is 5.75 Å². The Bertz CT molecular complexity index is 1110. The molecule has 1 saturated heterocycles. The molecule has 2 amide bonds. The Morgan fingerprint density at radius 2 is 1.70 bits per heavy atom. The van der Waals surface area contributed by atoms with E-state index in [1.165, 1.54) is 0 Å². The molecular formula is C27H29N3O3. The van der Waals surface area contributed by atoms with Gasteiger partial charge in [0.1, 0.15) is 5.75 Å². The number of amides is 2. The fourth-order valence-electron chi connectivity index (χ4n) is 4.35. The average molecular weight is 444 g/mol. The molecule has 4 rings (SSSR count). The lowest BCUT2D eigenvalue weighted by Gasteiger charge is -2.32. The van der Waals surface area contributed by atoms with Crippen molar-refractivity contribution in [1.82, 2.24) is 15.2 Å². The molecule has 1 aromatic heterocycles. The second-order valence-corrected chi connectivity index (χ2v) is 8.32. The number of aryl methyl sites for hydroxylation is 1. The lowest BCUT2D eigenvalue weighted by Crippen LogP contribution is -2.44. The van der Waals surface area contributed by atoms with Crippen molar-refractivity contribution in [2.24, 2.45) is 5.92 Å². The minimum absolute atomic E-state index is 0.00158. The highest BCUT2D eigenvalue weighted by Crippen LogP contribution is 2.27. The van der Waals surface area contributed by atoms with E-state index in [0.29, 0.717) is 37.2 Å². The maximum absolute atomic E-state index is 13.3. The Morgan fingerprint density at radius 3 is 2.39 bits per heavy atom. The molecule has 1 fully saturated rings. The zero-order valence-electron chi connectivity index (χ0n) is 19.0. The number of para-hydroxylation sites is 1. The summed E-state index contributed by atoms with van der Waals surface area (Å²) in [6.45, 7) is 3.08. The van der Waals surface area contributed by atoms with Crippen molar-refractivity contribution in [3.63, 3.8) is 0 Å². The normalized spacial score (nSPS) is 15.0. The first-order valence-corrected chi connectivity index (χ1v) is 11.3. The maximum Gasteiger partial charge on any atom is 0.257 e. The van der Waals surface area contributed by atoms with Gasteiger partial charge in [0.05, 0.1) is 24.4 Å². The molecule has 0 radical (unpaired) electrons. The number of carbonyl (C=O) groups excluding carboxylic acids is 2. The largest absolute Gasteiger partial charge is 0.496 e. The smallest absolute Gasteiger partial charge is 0.257 e. The van der Waals surface area contributed by atoms with E-state index in [-0.39, 0.29) is 23.8 Å². The van der Waals surface area contributed by atoms with Gasteiger partial charge in [-0.05, 0) is 49.1 Å². The number of benzene rings is 2. The molecule has 0 saturated carbocycles. The van der Waals surface area contributed by atoms with Crippen LogP contribution in [0.1, 0.15) is 46.1 Å². The fourth-order valence-corrected chi connectivity index (χ4v) is 4.35. The van der Waals surface area contributed by atoms with Crippen molar-refractivity contribution in [2.75, 3.05) is 20.2 Å². The van der Waals surface area contributed by atoms with Crippen molar-refractivity contribution in [3.05, 3.63) is 95.3 Å². The van der Waals surface area contributed by atoms with Gasteiger partial charge in [-0.1, -0.05) is 48.5 Å². The molecular weight excluding hydrogens is 414 g/mol. The highest BCUT2D eigenvalue weighted by molar-refractivity contribution is 5.97. The van der Waals surface area contributed by atoms with E-state index in [1.54, 1.807) is 30.3 Å². The Balaban J connectivity index is 1.44. The molecule has 1 unspecified atom stereocenters. The predicted molar refractivity (Wildman–Crippen MR) is 127 cm³/mol. The number of aromatic nitrogens is 1. The van der Waals surface area contributed by atoms with Crippen LogP contribution in [0.15, 0.2) is 72.9 Å². The summed E-state index contributed by atoms with van der Waals surface area (Å²) in [6.07, 6.45) is 3.00. The van der Waals surface area contributed by atoms with Crippen LogP contribution in [0.25, 0.3) is 0 Å². The van der Waals surface area contributed by atoms with E-state index in [2.05, 4.69) is 10.3 Å². The molecule has 0 bridgehead atoms. The first-order valence-electron chi connectivity index (χ1n) is 11.3. The zero-order chi connectivity index (χ0) is 23.2. The van der Waals surface area contributed by atoms with Crippen LogP contribution >= 0.6 is 0 Å². The molecule has 3 aromatic rings. The third-order valence-corrected chi connectivity index (χ3v) is 6.23. The molecule has 1 atom stereocenters. The number of likely N-dealkylation sites (tertiary alicyclic amines) is 1. The molecule has 6 nitrogen and oxygen atoms in total. The van der Waals surface area contributed by atoms with Gasteiger partial charge >= 0.3 is 0 Å². The van der Waals surface area contributed by atoms with E-state index in [4.69, 9.17) is 4.74 Å². The van der Waals surface area contributed by atoms with E-state index < -0.39 is 0 Å². The van der Waals surface area contributed by atoms with Gasteiger partial charge in [0, 0.05) is 25.2 Å². The second-order valence-electron chi connectivity index (χ2n) is 8.32. The van der Waals surface area contributed by atoms with Crippen LogP contribution in [0.3, 0.4) is 0 Å². The van der Waals surface area contributed by atoms with Crippen molar-refractivity contribution in [1.29, 1.82) is 0 Å². The Morgan fingerprint density at radius 1 is 1.00 bits per heavy atom. The highest BCUT2D eigenvalue weighted by atomic mass is 16.5. The predicted octanol–water partition coefficient (Wildman–Crippen LogP) is 4.16. The number of nitrogens with zero attached hydrogens (tertiary/aromatic N) is 2. The first kappa shape index (κ1) is 22.5. The lowest BCUT2D eigenvalue weighted by molar-refractivity contribution is -0.126. The van der Waals surface area contributed by atoms with Crippen LogP contribution in [0, 0.1) is 12.8 Å². The quantitative estimate of drug-likeness (QED) is 0.621. The number of methoxy groups -OCH3 is 1. The Hall–Kier alpha value is -3.67. The standard InChI is InChI=1S/C27H29N3O3/c1-19-9-8-16-28-24(19)25(20-10-4-3-5-11-20)29-26(31)21-14-17-30(18-15-21)27(32)22-12-6-7-13-23(22)33-2/h3-13,16,21,25H,14-15,17-18H2,1-2H3,(H,29,31). The van der Waals surface area contributed by atoms with Crippen molar-refractivity contribution in [2.45, 2.75) is 25.8 Å². The summed E-state index contributed by atoms with van der Waals surface area (Å²) in [5.74, 6) is 0.358. The van der Waals surface area contributed by atoms with Crippen molar-refractivity contribution >= 4 is 11.8 Å². The number of nitrogens with one attached hydrogen (secondary N) is 1. The van der Waals surface area contributed by atoms with Gasteiger partial charge in [0.25, 0.3) is 5.91 Å². The van der Waals surface area contributed by atoms with Crippen molar-refractivity contribution in [3.8, 4) is 5.75 Å². The summed E-state index contributed by atoms with van der Waals surface area (Å²) in [6, 6.07) is 20.7. The summed E-state index contributed by atoms with van der Waals surface area (Å²) in [4.78, 5) is 32.6. The SMILES string of the molecule is COc1ccccc1C(=O)N1CCC(C(=O)NC(c2ccccc2)c2ncccc2C)CC1. The maximum atomic E-state index is 13.3. The molecule has 1 aliphatic heterocycles. The van der Waals surface area contributed by atoms with Gasteiger partial charge < -0.3 is 15.0 Å². The molecule has 1 aliphatic rings. The number of carbonyl (C=O) groups is 2. The summed E-state index contributed by atoms with van der Waals surface area (Å²) in [5, 5.41) is 3.23. The van der Waals surface area contributed by atoms with Crippen LogP contribution in [-0.4, -0.2) is 41.9 Å². The van der Waals surface area contributed by atoms with Gasteiger partial charge in [-0.15, -0.1) is 0 Å². The highest BCUT2D eigenvalue weighted by Gasteiger charge is 2.30. The second kappa shape index (κ2) is 10.3. The molecule has 0 aliphatic carbocycles. The van der Waals surface area contributed by atoms with Gasteiger partial charge in [-0.25, -0.2) is 0 Å². The summed E-state index contributed by atoms with van der Waals surface area (Å²) in [5.41, 5.74) is 3.43. The molecule has 2 aromatic carbocycles. The Kier molecular flexibility index (Phi) is 7.03. The molecule has 1 N–H and O–H groups in total. The summed E-state index contributed by atoms with van der Waals surface area (Å²) >= 11 is 0. The minimum atomic E-state index is -0.312. The number of ether oxygens (including phenoxy) is 1. The summed E-state index contributed by atoms with van der Waals surface area (Å²) < 4.78 is 5.34. The van der Waals surface area contributed by atoms with Crippen LogP contribution in [0.4, 0.5) is 0 Å². The van der Waals surface area contributed by atoms with E-state index in [1.807, 2.05) is 61.5 Å². The van der Waals surface area contributed by atoms with Crippen molar-refractivity contribution < 1.29 is 14.3 Å². The van der Waals surface area contributed by atoms with E-state index in [0.717, 1.165) is 16.8 Å². The van der Waals surface area contributed by atoms with Crippen LogP contribution in [0.2, 0.25) is 0 Å². The number of pyridine rings is 1.